The van der Waals surface area contributed by atoms with Crippen molar-refractivity contribution in [3.05, 3.63) is 260 Å². The fourth-order valence-electron chi connectivity index (χ4n) is 13.6. The molecule has 9 heteroatoms. The van der Waals surface area contributed by atoms with Crippen LogP contribution in [0.2, 0.25) is 0 Å². The van der Waals surface area contributed by atoms with Gasteiger partial charge in [-0.05, 0) is 143 Å². The number of pyridine rings is 1. The van der Waals surface area contributed by atoms with Crippen LogP contribution in [-0.4, -0.2) is 20.8 Å². The number of hydrogen-bond acceptors (Lipinski definition) is 5. The standard InChI is InChI=1S/C69H46BN7O/c1-69(2)52-38-37-50(41-59(52)73-43-72(44-20-7-3-8-21-44)58-36-16-31-53(69)66(58)73)78-49-29-15-28-48(40-49)77-60-42-61-65-67(62(60)51-30-19-39-71-68(51)77)76(47-26-13-6-14-27-47)57-35-18-33-55-64(57)70(65)63-54(74(55)45-22-9-4-10-23-45)32-17-34-56(63)75(61)46-24-11-5-12-25-46/h3-42H,1-2H3. The molecular formula is C69H46BN7O. The van der Waals surface area contributed by atoms with Crippen molar-refractivity contribution < 1.29 is 9.30 Å². The Morgan fingerprint density at radius 1 is 0.474 bits per heavy atom. The second-order valence-electron chi connectivity index (χ2n) is 21.3. The van der Waals surface area contributed by atoms with Crippen LogP contribution in [0.4, 0.5) is 51.2 Å². The molecule has 17 rings (SSSR count). The summed E-state index contributed by atoms with van der Waals surface area (Å²) < 4.78 is 13.7. The Kier molecular flexibility index (Phi) is 8.83. The Hall–Kier alpha value is -10.1. The van der Waals surface area contributed by atoms with E-state index in [1.54, 1.807) is 0 Å². The number of para-hydroxylation sites is 5. The summed E-state index contributed by atoms with van der Waals surface area (Å²) in [5.74, 6) is 1.46. The van der Waals surface area contributed by atoms with E-state index in [9.17, 15) is 0 Å². The third kappa shape index (κ3) is 5.84. The molecular weight excluding hydrogens is 954 g/mol. The van der Waals surface area contributed by atoms with E-state index in [1.165, 1.54) is 38.9 Å². The highest BCUT2D eigenvalue weighted by Gasteiger charge is 2.50. The largest absolute Gasteiger partial charge is 0.458 e. The van der Waals surface area contributed by atoms with E-state index in [-0.39, 0.29) is 12.1 Å². The third-order valence-electron chi connectivity index (χ3n) is 16.8. The van der Waals surface area contributed by atoms with Gasteiger partial charge in [-0.1, -0.05) is 129 Å². The zero-order valence-electron chi connectivity index (χ0n) is 42.7. The van der Waals surface area contributed by atoms with Gasteiger partial charge in [-0.2, -0.15) is 0 Å². The minimum atomic E-state index is -0.257. The zero-order chi connectivity index (χ0) is 51.4. The molecule has 0 unspecified atom stereocenters. The van der Waals surface area contributed by atoms with Crippen molar-refractivity contribution in [2.45, 2.75) is 19.3 Å². The fraction of sp³-hybridized carbons (Fsp3) is 0.0435. The Labute approximate surface area is 451 Å². The van der Waals surface area contributed by atoms with Crippen LogP contribution in [-0.2, 0) is 5.41 Å². The Morgan fingerprint density at radius 2 is 1.05 bits per heavy atom. The number of fused-ring (bicyclic) bond motifs is 6. The molecule has 4 aliphatic heterocycles. The van der Waals surface area contributed by atoms with E-state index in [4.69, 9.17) is 9.72 Å². The van der Waals surface area contributed by atoms with Gasteiger partial charge in [0.15, 0.2) is 0 Å². The van der Waals surface area contributed by atoms with E-state index in [0.717, 1.165) is 101 Å². The van der Waals surface area contributed by atoms with Crippen LogP contribution < -0.4 is 40.4 Å². The molecule has 366 valence electrons. The molecule has 78 heavy (non-hydrogen) atoms. The van der Waals surface area contributed by atoms with Crippen LogP contribution in [0.5, 0.6) is 11.5 Å². The molecule has 0 saturated heterocycles. The van der Waals surface area contributed by atoms with Gasteiger partial charge in [0.05, 0.1) is 39.3 Å². The van der Waals surface area contributed by atoms with Crippen LogP contribution in [0.3, 0.4) is 0 Å². The maximum Gasteiger partial charge on any atom is 0.269 e. The van der Waals surface area contributed by atoms with Gasteiger partial charge in [-0.3, -0.25) is 13.7 Å². The molecule has 0 N–H and O–H groups in total. The van der Waals surface area contributed by atoms with Gasteiger partial charge in [-0.25, -0.2) is 4.98 Å². The van der Waals surface area contributed by atoms with Gasteiger partial charge in [0.1, 0.15) is 17.1 Å². The van der Waals surface area contributed by atoms with E-state index >= 15 is 0 Å². The summed E-state index contributed by atoms with van der Waals surface area (Å²) >= 11 is 0. The van der Waals surface area contributed by atoms with Crippen LogP contribution in [0.1, 0.15) is 25.0 Å². The van der Waals surface area contributed by atoms with Crippen molar-refractivity contribution in [1.29, 1.82) is 0 Å². The maximum absolute atomic E-state index is 7.01. The highest BCUT2D eigenvalue weighted by atomic mass is 16.5. The van der Waals surface area contributed by atoms with Crippen LogP contribution in [0.25, 0.3) is 50.0 Å². The van der Waals surface area contributed by atoms with Gasteiger partial charge in [0.25, 0.3) is 13.0 Å². The lowest BCUT2D eigenvalue weighted by atomic mass is 9.31. The molecule has 0 aliphatic carbocycles. The molecule has 0 fully saturated rings. The van der Waals surface area contributed by atoms with E-state index in [2.05, 4.69) is 285 Å². The van der Waals surface area contributed by atoms with Crippen molar-refractivity contribution in [2.75, 3.05) is 14.7 Å². The maximum atomic E-state index is 7.01. The molecule has 13 aromatic rings. The van der Waals surface area contributed by atoms with E-state index < -0.39 is 0 Å². The molecule has 0 amide bonds. The number of ether oxygens (including phenoxy) is 1. The fourth-order valence-corrected chi connectivity index (χ4v) is 13.6. The lowest BCUT2D eigenvalue weighted by Crippen LogP contribution is -2.64. The summed E-state index contributed by atoms with van der Waals surface area (Å²) in [7, 11) is 0. The van der Waals surface area contributed by atoms with Gasteiger partial charge < -0.3 is 19.4 Å². The van der Waals surface area contributed by atoms with Crippen molar-refractivity contribution in [3.63, 3.8) is 0 Å². The van der Waals surface area contributed by atoms with Crippen LogP contribution in [0, 0.1) is 6.33 Å². The quantitative estimate of drug-likeness (QED) is 0.0904. The Morgan fingerprint density at radius 3 is 1.73 bits per heavy atom. The molecule has 7 heterocycles. The highest BCUT2D eigenvalue weighted by molar-refractivity contribution is 7.03. The van der Waals surface area contributed by atoms with Crippen molar-refractivity contribution >= 4 is 107 Å². The first kappa shape index (κ1) is 43.2. The highest BCUT2D eigenvalue weighted by Crippen LogP contribution is 2.54. The molecule has 0 saturated carbocycles. The minimum absolute atomic E-state index is 0.0667. The average molecular weight is 1000 g/mol. The first-order valence-electron chi connectivity index (χ1n) is 26.7. The number of hydrogen-bond donors (Lipinski definition) is 0. The Bertz CT molecular complexity index is 4630. The SMILES string of the molecule is CC1(C)c2ccc(Oc3cccc(-n4c5cc6c7c(c5c5cccnc54)N(c4ccccc4)c4cccc5c4B7c4c(cccc4N6c4ccccc4)N5c4ccccc4)c3)cc2-n2[c-][n+](-c3ccccc3)c3cccc1c32. The number of aromatic nitrogens is 4. The van der Waals surface area contributed by atoms with E-state index in [1.807, 2.05) is 6.20 Å². The molecule has 10 aromatic carbocycles. The average Bonchev–Trinajstić information content (AvgIpc) is 2.06. The van der Waals surface area contributed by atoms with Gasteiger partial charge in [0, 0.05) is 73.9 Å². The minimum Gasteiger partial charge on any atom is -0.458 e. The first-order chi connectivity index (χ1) is 38.5. The summed E-state index contributed by atoms with van der Waals surface area (Å²) in [5.41, 5.74) is 23.6. The first-order valence-corrected chi connectivity index (χ1v) is 26.7. The molecule has 0 radical (unpaired) electrons. The number of anilines is 9. The normalized spacial score (nSPS) is 14.0. The van der Waals surface area contributed by atoms with Gasteiger partial charge >= 0.3 is 0 Å². The summed E-state index contributed by atoms with van der Waals surface area (Å²) in [6.45, 7) is 4.57. The van der Waals surface area contributed by atoms with E-state index in [0.29, 0.717) is 0 Å². The predicted molar refractivity (Wildman–Crippen MR) is 317 cm³/mol. The molecule has 3 aromatic heterocycles. The summed E-state index contributed by atoms with van der Waals surface area (Å²) in [5, 5.41) is 2.21. The lowest BCUT2D eigenvalue weighted by molar-refractivity contribution is -0.572. The van der Waals surface area contributed by atoms with Crippen molar-refractivity contribution in [1.82, 2.24) is 14.1 Å². The third-order valence-corrected chi connectivity index (χ3v) is 16.8. The number of imidazole rings is 1. The lowest BCUT2D eigenvalue weighted by Gasteiger charge is -2.49. The number of nitrogens with zero attached hydrogens (tertiary/aromatic N) is 7. The summed E-state index contributed by atoms with van der Waals surface area (Å²) in [4.78, 5) is 12.8. The van der Waals surface area contributed by atoms with Crippen LogP contribution >= 0.6 is 0 Å². The molecule has 8 nitrogen and oxygen atoms in total. The zero-order valence-corrected chi connectivity index (χ0v) is 42.7. The summed E-state index contributed by atoms with van der Waals surface area (Å²) in [6.07, 6.45) is 5.66. The topological polar surface area (TPSA) is 45.6 Å². The second-order valence-corrected chi connectivity index (χ2v) is 21.3. The molecule has 0 spiro atoms. The predicted octanol–water partition coefficient (Wildman–Crippen LogP) is 14.5. The van der Waals surface area contributed by atoms with Crippen molar-refractivity contribution in [2.24, 2.45) is 0 Å². The monoisotopic (exact) mass is 999 g/mol. The summed E-state index contributed by atoms with van der Waals surface area (Å²) in [6, 6.07) is 85.2. The number of benzene rings is 10. The smallest absolute Gasteiger partial charge is 0.269 e. The Balaban J connectivity index is 0.889. The van der Waals surface area contributed by atoms with Crippen molar-refractivity contribution in [3.8, 4) is 28.6 Å². The molecule has 4 aliphatic rings. The molecule has 0 bridgehead atoms. The number of rotatable bonds is 7. The van der Waals surface area contributed by atoms with Crippen LogP contribution in [0.15, 0.2) is 243 Å². The second kappa shape index (κ2) is 16.0. The molecule has 0 atom stereocenters. The van der Waals surface area contributed by atoms with Gasteiger partial charge in [0.2, 0.25) is 0 Å². The van der Waals surface area contributed by atoms with Gasteiger partial charge in [-0.15, -0.1) is 0 Å².